The molecule has 150 valence electrons. The number of benzene rings is 1. The third kappa shape index (κ3) is 3.57. The summed E-state index contributed by atoms with van der Waals surface area (Å²) in [5.74, 6) is 2.32. The zero-order valence-corrected chi connectivity index (χ0v) is 16.7. The predicted molar refractivity (Wildman–Crippen MR) is 112 cm³/mol. The van der Waals surface area contributed by atoms with Gasteiger partial charge in [-0.2, -0.15) is 0 Å². The van der Waals surface area contributed by atoms with E-state index in [-0.39, 0.29) is 5.91 Å². The third-order valence-electron chi connectivity index (χ3n) is 6.15. The van der Waals surface area contributed by atoms with E-state index in [0.717, 1.165) is 38.3 Å². The van der Waals surface area contributed by atoms with Crippen LogP contribution in [-0.4, -0.2) is 45.1 Å². The van der Waals surface area contributed by atoms with E-state index in [2.05, 4.69) is 55.5 Å². The van der Waals surface area contributed by atoms with Gasteiger partial charge in [0.15, 0.2) is 17.0 Å². The minimum atomic E-state index is -0.133. The molecule has 7 nitrogen and oxygen atoms in total. The van der Waals surface area contributed by atoms with E-state index < -0.39 is 0 Å². The van der Waals surface area contributed by atoms with Crippen molar-refractivity contribution in [3.63, 3.8) is 0 Å². The lowest BCUT2D eigenvalue weighted by Crippen LogP contribution is -2.33. The summed E-state index contributed by atoms with van der Waals surface area (Å²) in [6.07, 6.45) is 6.15. The summed E-state index contributed by atoms with van der Waals surface area (Å²) in [6, 6.07) is 10.7. The van der Waals surface area contributed by atoms with E-state index in [1.54, 1.807) is 10.9 Å². The minimum absolute atomic E-state index is 0.133. The van der Waals surface area contributed by atoms with Crippen molar-refractivity contribution >= 4 is 22.9 Å². The molecule has 7 heteroatoms. The Kier molecular flexibility index (Phi) is 4.66. The van der Waals surface area contributed by atoms with Crippen molar-refractivity contribution < 1.29 is 4.79 Å². The van der Waals surface area contributed by atoms with Gasteiger partial charge in [-0.05, 0) is 43.1 Å². The third-order valence-corrected chi connectivity index (χ3v) is 6.15. The standard InChI is InChI=1S/C22H26N6O/c1-27-19-18(26-21(27)22(29)23-13-15-7-8-15)20(25-14-24-19)28-11-9-17(10-12-28)16-5-3-2-4-6-16/h2-6,14-15,17H,7-13H2,1H3,(H,23,29). The summed E-state index contributed by atoms with van der Waals surface area (Å²) in [5, 5.41) is 3.00. The molecule has 0 bridgehead atoms. The van der Waals surface area contributed by atoms with Gasteiger partial charge in [-0.15, -0.1) is 0 Å². The zero-order valence-electron chi connectivity index (χ0n) is 16.7. The topological polar surface area (TPSA) is 75.9 Å². The zero-order chi connectivity index (χ0) is 19.8. The van der Waals surface area contributed by atoms with Crippen LogP contribution in [0.4, 0.5) is 5.82 Å². The molecule has 1 aliphatic heterocycles. The summed E-state index contributed by atoms with van der Waals surface area (Å²) in [4.78, 5) is 28.5. The average molecular weight is 390 g/mol. The van der Waals surface area contributed by atoms with Crippen LogP contribution in [0.2, 0.25) is 0 Å². The molecule has 2 fully saturated rings. The number of nitrogens with zero attached hydrogens (tertiary/aromatic N) is 5. The van der Waals surface area contributed by atoms with E-state index in [4.69, 9.17) is 0 Å². The highest BCUT2D eigenvalue weighted by molar-refractivity contribution is 5.96. The van der Waals surface area contributed by atoms with Gasteiger partial charge in [0.1, 0.15) is 6.33 Å². The maximum Gasteiger partial charge on any atom is 0.287 e. The highest BCUT2D eigenvalue weighted by Crippen LogP contribution is 2.32. The van der Waals surface area contributed by atoms with Crippen LogP contribution in [0, 0.1) is 5.92 Å². The molecule has 1 saturated carbocycles. The second kappa shape index (κ2) is 7.46. The van der Waals surface area contributed by atoms with E-state index in [1.165, 1.54) is 18.4 Å². The molecular weight excluding hydrogens is 364 g/mol. The van der Waals surface area contributed by atoms with Crippen LogP contribution in [-0.2, 0) is 7.05 Å². The van der Waals surface area contributed by atoms with Crippen LogP contribution in [0.5, 0.6) is 0 Å². The molecular formula is C22H26N6O. The van der Waals surface area contributed by atoms with Gasteiger partial charge in [0.2, 0.25) is 5.82 Å². The quantitative estimate of drug-likeness (QED) is 0.725. The molecule has 0 unspecified atom stereocenters. The van der Waals surface area contributed by atoms with Gasteiger partial charge in [0.25, 0.3) is 5.91 Å². The second-order valence-corrected chi connectivity index (χ2v) is 8.19. The molecule has 1 aliphatic carbocycles. The molecule has 1 aromatic carbocycles. The van der Waals surface area contributed by atoms with Crippen molar-refractivity contribution in [2.75, 3.05) is 24.5 Å². The first-order chi connectivity index (χ1) is 14.2. The van der Waals surface area contributed by atoms with Crippen molar-refractivity contribution in [3.05, 3.63) is 48.0 Å². The molecule has 3 heterocycles. The van der Waals surface area contributed by atoms with Crippen molar-refractivity contribution in [3.8, 4) is 0 Å². The number of fused-ring (bicyclic) bond motifs is 1. The largest absolute Gasteiger partial charge is 0.355 e. The number of hydrogen-bond donors (Lipinski definition) is 1. The number of nitrogens with one attached hydrogen (secondary N) is 1. The molecule has 0 radical (unpaired) electrons. The Labute approximate surface area is 170 Å². The number of aryl methyl sites for hydroxylation is 1. The predicted octanol–water partition coefficient (Wildman–Crippen LogP) is 2.89. The Morgan fingerprint density at radius 1 is 1.10 bits per heavy atom. The molecule has 0 atom stereocenters. The number of anilines is 1. The Balaban J connectivity index is 1.36. The van der Waals surface area contributed by atoms with Gasteiger partial charge in [-0.25, -0.2) is 15.0 Å². The molecule has 2 aromatic heterocycles. The Hall–Kier alpha value is -2.96. The number of hydrogen-bond acceptors (Lipinski definition) is 5. The number of carbonyl (C=O) groups excluding carboxylic acids is 1. The molecule has 0 spiro atoms. The van der Waals surface area contributed by atoms with Crippen LogP contribution >= 0.6 is 0 Å². The first-order valence-electron chi connectivity index (χ1n) is 10.5. The van der Waals surface area contributed by atoms with Crippen LogP contribution in [0.1, 0.15) is 47.8 Å². The number of aromatic nitrogens is 4. The van der Waals surface area contributed by atoms with Gasteiger partial charge in [-0.3, -0.25) is 4.79 Å². The summed E-state index contributed by atoms with van der Waals surface area (Å²) < 4.78 is 1.78. The van der Waals surface area contributed by atoms with Gasteiger partial charge < -0.3 is 14.8 Å². The second-order valence-electron chi connectivity index (χ2n) is 8.19. The first kappa shape index (κ1) is 18.1. The maximum atomic E-state index is 12.6. The first-order valence-corrected chi connectivity index (χ1v) is 10.5. The minimum Gasteiger partial charge on any atom is -0.355 e. The van der Waals surface area contributed by atoms with E-state index in [0.29, 0.717) is 28.8 Å². The summed E-state index contributed by atoms with van der Waals surface area (Å²) in [5.41, 5.74) is 2.83. The number of piperidine rings is 1. The van der Waals surface area contributed by atoms with E-state index >= 15 is 0 Å². The Morgan fingerprint density at radius 3 is 2.59 bits per heavy atom. The number of imidazole rings is 1. The molecule has 1 amide bonds. The van der Waals surface area contributed by atoms with Crippen molar-refractivity contribution in [2.45, 2.75) is 31.6 Å². The Morgan fingerprint density at radius 2 is 1.86 bits per heavy atom. The highest BCUT2D eigenvalue weighted by Gasteiger charge is 2.27. The van der Waals surface area contributed by atoms with E-state index in [1.807, 2.05) is 7.05 Å². The molecule has 1 saturated heterocycles. The molecule has 29 heavy (non-hydrogen) atoms. The number of carbonyl (C=O) groups is 1. The monoisotopic (exact) mass is 390 g/mol. The van der Waals surface area contributed by atoms with Crippen LogP contribution in [0.25, 0.3) is 11.2 Å². The van der Waals surface area contributed by atoms with Crippen LogP contribution < -0.4 is 10.2 Å². The fraction of sp³-hybridized carbons (Fsp3) is 0.455. The lowest BCUT2D eigenvalue weighted by molar-refractivity contribution is 0.0939. The van der Waals surface area contributed by atoms with Gasteiger partial charge >= 0.3 is 0 Å². The fourth-order valence-corrected chi connectivity index (χ4v) is 4.21. The summed E-state index contributed by atoms with van der Waals surface area (Å²) in [7, 11) is 1.85. The molecule has 5 rings (SSSR count). The van der Waals surface area contributed by atoms with Crippen molar-refractivity contribution in [2.24, 2.45) is 13.0 Å². The maximum absolute atomic E-state index is 12.6. The summed E-state index contributed by atoms with van der Waals surface area (Å²) >= 11 is 0. The summed E-state index contributed by atoms with van der Waals surface area (Å²) in [6.45, 7) is 2.57. The Bertz CT molecular complexity index is 1020. The molecule has 2 aliphatic rings. The van der Waals surface area contributed by atoms with Gasteiger partial charge in [0.05, 0.1) is 0 Å². The van der Waals surface area contributed by atoms with Crippen LogP contribution in [0.3, 0.4) is 0 Å². The molecule has 1 N–H and O–H groups in total. The lowest BCUT2D eigenvalue weighted by Gasteiger charge is -2.33. The smallest absolute Gasteiger partial charge is 0.287 e. The SMILES string of the molecule is Cn1c(C(=O)NCC2CC2)nc2c(N3CCC(c4ccccc4)CC3)ncnc21. The number of amides is 1. The van der Waals surface area contributed by atoms with Crippen molar-refractivity contribution in [1.29, 1.82) is 0 Å². The van der Waals surface area contributed by atoms with Crippen molar-refractivity contribution in [1.82, 2.24) is 24.8 Å². The average Bonchev–Trinajstić information content (AvgIpc) is 3.55. The number of rotatable bonds is 5. The highest BCUT2D eigenvalue weighted by atomic mass is 16.2. The van der Waals surface area contributed by atoms with Gasteiger partial charge in [-0.1, -0.05) is 30.3 Å². The fourth-order valence-electron chi connectivity index (χ4n) is 4.21. The van der Waals surface area contributed by atoms with Crippen LogP contribution in [0.15, 0.2) is 36.7 Å². The molecule has 3 aromatic rings. The van der Waals surface area contributed by atoms with E-state index in [9.17, 15) is 4.79 Å². The normalized spacial score (nSPS) is 17.6. The van der Waals surface area contributed by atoms with Gasteiger partial charge in [0, 0.05) is 26.7 Å². The lowest BCUT2D eigenvalue weighted by atomic mass is 9.89.